The van der Waals surface area contributed by atoms with Gasteiger partial charge in [0.25, 0.3) is 11.2 Å². The van der Waals surface area contributed by atoms with Crippen LogP contribution in [-0.4, -0.2) is 61.4 Å². The number of aliphatic hydroxyl groups excluding tert-OH is 2. The Morgan fingerprint density at radius 2 is 2.00 bits per heavy atom. The van der Waals surface area contributed by atoms with E-state index in [-0.39, 0.29) is 35.6 Å². The molecular formula is C20H23N3O9S. The topological polar surface area (TPSA) is 166 Å². The number of thiocarbonyl (C=S) groups is 1. The molecule has 13 heteroatoms. The van der Waals surface area contributed by atoms with Crippen LogP contribution in [0.1, 0.15) is 30.2 Å². The molecule has 1 saturated heterocycles. The number of rotatable bonds is 7. The lowest BCUT2D eigenvalue weighted by molar-refractivity contribution is -0.385. The molecule has 1 aromatic heterocycles. The normalized spacial score (nSPS) is 23.2. The van der Waals surface area contributed by atoms with Crippen molar-refractivity contribution in [3.8, 4) is 0 Å². The number of benzene rings is 1. The fourth-order valence-electron chi connectivity index (χ4n) is 3.42. The monoisotopic (exact) mass is 481 g/mol. The molecule has 0 aliphatic carbocycles. The van der Waals surface area contributed by atoms with Crippen LogP contribution in [0.25, 0.3) is 0 Å². The number of para-hydroxylation sites is 1. The van der Waals surface area contributed by atoms with E-state index in [0.717, 1.165) is 4.57 Å². The molecule has 5 atom stereocenters. The van der Waals surface area contributed by atoms with Gasteiger partial charge in [-0.3, -0.25) is 24.5 Å². The molecule has 3 unspecified atom stereocenters. The summed E-state index contributed by atoms with van der Waals surface area (Å²) in [5.41, 5.74) is -0.696. The Morgan fingerprint density at radius 3 is 2.70 bits per heavy atom. The summed E-state index contributed by atoms with van der Waals surface area (Å²) in [6, 6.07) is 6.28. The van der Waals surface area contributed by atoms with E-state index in [4.69, 9.17) is 26.4 Å². The van der Waals surface area contributed by atoms with E-state index < -0.39 is 40.7 Å². The number of nitrogens with zero attached hydrogens (tertiary/aromatic N) is 2. The van der Waals surface area contributed by atoms with Crippen molar-refractivity contribution in [2.45, 2.75) is 44.3 Å². The SMILES string of the molecule is Cc1cn([C@@H]2O[C@H](COC(=S)OCC(C)c3ccccc3[N+](=O)[O-])C(O)C2O)c(=O)[nH]c1=O. The van der Waals surface area contributed by atoms with Gasteiger partial charge in [-0.15, -0.1) is 0 Å². The number of hydrogen-bond donors (Lipinski definition) is 3. The Bertz CT molecular complexity index is 1150. The lowest BCUT2D eigenvalue weighted by Crippen LogP contribution is -2.38. The summed E-state index contributed by atoms with van der Waals surface area (Å²) in [7, 11) is 0. The maximum absolute atomic E-state index is 12.1. The number of nitro groups is 1. The number of aliphatic hydroxyl groups is 2. The Balaban J connectivity index is 1.56. The first-order valence-electron chi connectivity index (χ1n) is 9.96. The first-order chi connectivity index (χ1) is 15.6. The van der Waals surface area contributed by atoms with Crippen molar-refractivity contribution >= 4 is 23.1 Å². The summed E-state index contributed by atoms with van der Waals surface area (Å²) in [6.45, 7) is 2.94. The van der Waals surface area contributed by atoms with Gasteiger partial charge in [-0.05, 0) is 6.92 Å². The van der Waals surface area contributed by atoms with E-state index in [9.17, 15) is 29.9 Å². The molecule has 0 radical (unpaired) electrons. The van der Waals surface area contributed by atoms with Gasteiger partial charge in [-0.25, -0.2) is 4.79 Å². The molecule has 33 heavy (non-hydrogen) atoms. The quantitative estimate of drug-likeness (QED) is 0.288. The van der Waals surface area contributed by atoms with E-state index in [2.05, 4.69) is 4.98 Å². The van der Waals surface area contributed by atoms with E-state index in [1.165, 1.54) is 19.2 Å². The van der Waals surface area contributed by atoms with Gasteiger partial charge in [-0.2, -0.15) is 0 Å². The van der Waals surface area contributed by atoms with Crippen LogP contribution in [0, 0.1) is 17.0 Å². The fourth-order valence-corrected chi connectivity index (χ4v) is 3.55. The summed E-state index contributed by atoms with van der Waals surface area (Å²) in [5, 5.41) is 31.5. The molecule has 12 nitrogen and oxygen atoms in total. The molecule has 1 aliphatic heterocycles. The Labute approximate surface area is 192 Å². The van der Waals surface area contributed by atoms with Crippen molar-refractivity contribution in [2.75, 3.05) is 13.2 Å². The molecule has 1 aliphatic rings. The second-order valence-electron chi connectivity index (χ2n) is 7.61. The van der Waals surface area contributed by atoms with Gasteiger partial charge in [0.2, 0.25) is 0 Å². The van der Waals surface area contributed by atoms with Crippen LogP contribution < -0.4 is 11.2 Å². The second kappa shape index (κ2) is 10.2. The zero-order valence-corrected chi connectivity index (χ0v) is 18.6. The van der Waals surface area contributed by atoms with Crippen molar-refractivity contribution in [3.63, 3.8) is 0 Å². The van der Waals surface area contributed by atoms with Gasteiger partial charge in [0, 0.05) is 41.5 Å². The van der Waals surface area contributed by atoms with Gasteiger partial charge in [0.1, 0.15) is 24.9 Å². The van der Waals surface area contributed by atoms with Gasteiger partial charge in [0.15, 0.2) is 6.23 Å². The third kappa shape index (κ3) is 5.45. The number of aromatic amines is 1. The third-order valence-electron chi connectivity index (χ3n) is 5.24. The lowest BCUT2D eigenvalue weighted by atomic mass is 10.0. The molecule has 2 aromatic rings. The molecule has 3 rings (SSSR count). The molecule has 0 amide bonds. The van der Waals surface area contributed by atoms with Crippen LogP contribution in [0.3, 0.4) is 0 Å². The summed E-state index contributed by atoms with van der Waals surface area (Å²) in [4.78, 5) is 36.4. The van der Waals surface area contributed by atoms with Crippen LogP contribution in [-0.2, 0) is 14.2 Å². The highest BCUT2D eigenvalue weighted by Gasteiger charge is 2.44. The fraction of sp³-hybridized carbons (Fsp3) is 0.450. The number of aryl methyl sites for hydroxylation is 1. The Kier molecular flexibility index (Phi) is 7.58. The van der Waals surface area contributed by atoms with Gasteiger partial charge < -0.3 is 24.4 Å². The number of aromatic nitrogens is 2. The van der Waals surface area contributed by atoms with Crippen LogP contribution in [0.15, 0.2) is 40.1 Å². The highest BCUT2D eigenvalue weighted by Crippen LogP contribution is 2.29. The van der Waals surface area contributed by atoms with Crippen LogP contribution in [0.2, 0.25) is 0 Å². The molecule has 0 saturated carbocycles. The largest absolute Gasteiger partial charge is 0.456 e. The number of H-pyrrole nitrogens is 1. The molecule has 0 spiro atoms. The van der Waals surface area contributed by atoms with Crippen LogP contribution in [0.4, 0.5) is 5.69 Å². The number of ether oxygens (including phenoxy) is 3. The zero-order chi connectivity index (χ0) is 24.3. The minimum atomic E-state index is -1.46. The summed E-state index contributed by atoms with van der Waals surface area (Å²) in [5.74, 6) is -0.358. The number of hydrogen-bond acceptors (Lipinski definition) is 10. The summed E-state index contributed by atoms with van der Waals surface area (Å²) >= 11 is 5.01. The van der Waals surface area contributed by atoms with Crippen molar-refractivity contribution in [1.29, 1.82) is 0 Å². The van der Waals surface area contributed by atoms with Crippen molar-refractivity contribution in [1.82, 2.24) is 9.55 Å². The first kappa shape index (κ1) is 24.5. The average molecular weight is 481 g/mol. The highest BCUT2D eigenvalue weighted by atomic mass is 32.1. The molecule has 3 N–H and O–H groups in total. The van der Waals surface area contributed by atoms with Crippen molar-refractivity contribution < 1.29 is 29.3 Å². The van der Waals surface area contributed by atoms with Gasteiger partial charge in [-0.1, -0.05) is 25.1 Å². The average Bonchev–Trinajstić information content (AvgIpc) is 3.06. The minimum absolute atomic E-state index is 0.00899. The van der Waals surface area contributed by atoms with Crippen LogP contribution >= 0.6 is 12.2 Å². The maximum Gasteiger partial charge on any atom is 0.352 e. The van der Waals surface area contributed by atoms with Crippen LogP contribution in [0.5, 0.6) is 0 Å². The third-order valence-corrected chi connectivity index (χ3v) is 5.47. The molecule has 0 bridgehead atoms. The molecule has 178 valence electrons. The second-order valence-corrected chi connectivity index (χ2v) is 7.95. The predicted octanol–water partition coefficient (Wildman–Crippen LogP) is 0.494. The van der Waals surface area contributed by atoms with Crippen molar-refractivity contribution in [2.24, 2.45) is 0 Å². The molecule has 1 aromatic carbocycles. The highest BCUT2D eigenvalue weighted by molar-refractivity contribution is 7.79. The lowest BCUT2D eigenvalue weighted by Gasteiger charge is -2.18. The smallest absolute Gasteiger partial charge is 0.352 e. The summed E-state index contributed by atoms with van der Waals surface area (Å²) < 4.78 is 17.2. The van der Waals surface area contributed by atoms with Gasteiger partial charge in [0.05, 0.1) is 11.5 Å². The Hall–Kier alpha value is -3.13. The molecular weight excluding hydrogens is 458 g/mol. The van der Waals surface area contributed by atoms with Gasteiger partial charge >= 0.3 is 10.9 Å². The van der Waals surface area contributed by atoms with E-state index >= 15 is 0 Å². The maximum atomic E-state index is 12.1. The zero-order valence-electron chi connectivity index (χ0n) is 17.7. The molecule has 2 heterocycles. The number of nitrogens with one attached hydrogen (secondary N) is 1. The summed E-state index contributed by atoms with van der Waals surface area (Å²) in [6.07, 6.45) is -3.93. The minimum Gasteiger partial charge on any atom is -0.456 e. The van der Waals surface area contributed by atoms with E-state index in [1.54, 1.807) is 25.1 Å². The molecule has 1 fully saturated rings. The first-order valence-corrected chi connectivity index (χ1v) is 10.4. The van der Waals surface area contributed by atoms with E-state index in [1.807, 2.05) is 0 Å². The van der Waals surface area contributed by atoms with E-state index in [0.29, 0.717) is 5.56 Å². The number of nitro benzene ring substituents is 1. The Morgan fingerprint density at radius 1 is 1.30 bits per heavy atom. The predicted molar refractivity (Wildman–Crippen MR) is 118 cm³/mol. The standard InChI is InChI=1S/C20H23N3O9S/c1-10-7-22(19(27)21-17(10)26)18-16(25)15(24)14(32-18)9-31-20(33)30-8-11(2)12-5-3-4-6-13(12)23(28)29/h3-7,11,14-16,18,24-25H,8-9H2,1-2H3,(H,21,26,27)/t11?,14-,15?,16?,18-/m1/s1. The van der Waals surface area contributed by atoms with Crippen molar-refractivity contribution in [3.05, 3.63) is 72.5 Å².